The molecule has 0 atom stereocenters. The summed E-state index contributed by atoms with van der Waals surface area (Å²) in [7, 11) is 1.77. The van der Waals surface area contributed by atoms with Crippen LogP contribution in [0.5, 0.6) is 0 Å². The van der Waals surface area contributed by atoms with Crippen LogP contribution in [0.15, 0.2) is 0 Å². The smallest absolute Gasteiger partial charge is 0.334 e. The number of nitrogens with zero attached hydrogens (tertiary/aromatic N) is 3. The summed E-state index contributed by atoms with van der Waals surface area (Å²) >= 11 is 0. The number of rotatable bonds is 6. The highest BCUT2D eigenvalue weighted by Gasteiger charge is 2.28. The van der Waals surface area contributed by atoms with E-state index in [1.807, 2.05) is 13.8 Å². The number of aryl methyl sites for hydroxylation is 1. The molecule has 1 aromatic rings. The van der Waals surface area contributed by atoms with Crippen LogP contribution in [0.4, 0.5) is 11.5 Å². The third-order valence-electron chi connectivity index (χ3n) is 4.35. The number of aromatic nitrogens is 2. The average Bonchev–Trinajstić information content (AvgIpc) is 2.78. The van der Waals surface area contributed by atoms with Gasteiger partial charge in [-0.1, -0.05) is 46.0 Å². The lowest BCUT2D eigenvalue weighted by molar-refractivity contribution is -0.384. The van der Waals surface area contributed by atoms with Crippen molar-refractivity contribution < 1.29 is 4.92 Å². The second kappa shape index (κ2) is 6.91. The lowest BCUT2D eigenvalue weighted by atomic mass is 9.87. The lowest BCUT2D eigenvalue weighted by Crippen LogP contribution is -2.14. The van der Waals surface area contributed by atoms with Crippen molar-refractivity contribution in [3.63, 3.8) is 0 Å². The summed E-state index contributed by atoms with van der Waals surface area (Å²) in [5.74, 6) is 1.35. The molecule has 0 bridgehead atoms. The minimum atomic E-state index is -0.314. The number of hydrogen-bond donors (Lipinski definition) is 1. The number of anilines is 1. The maximum Gasteiger partial charge on any atom is 0.334 e. The van der Waals surface area contributed by atoms with Gasteiger partial charge in [0.15, 0.2) is 0 Å². The van der Waals surface area contributed by atoms with Crippen molar-refractivity contribution in [1.82, 2.24) is 9.78 Å². The molecule has 1 heterocycles. The standard InChI is InChI=1S/C15H26N4O2/c1-11(2)13-14(19(20)21)15(18(3)17-13)16-10-9-12-7-5-4-6-8-12/h11-12,16H,4-10H2,1-3H3. The molecule has 1 aromatic heterocycles. The first kappa shape index (κ1) is 15.8. The van der Waals surface area contributed by atoms with Crippen LogP contribution >= 0.6 is 0 Å². The quantitative estimate of drug-likeness (QED) is 0.639. The van der Waals surface area contributed by atoms with E-state index < -0.39 is 0 Å². The van der Waals surface area contributed by atoms with E-state index in [0.29, 0.717) is 11.5 Å². The zero-order valence-electron chi connectivity index (χ0n) is 13.3. The van der Waals surface area contributed by atoms with Crippen LogP contribution in [0.1, 0.15) is 64.0 Å². The van der Waals surface area contributed by atoms with Crippen LogP contribution in [0.25, 0.3) is 0 Å². The van der Waals surface area contributed by atoms with Crippen LogP contribution in [-0.4, -0.2) is 21.2 Å². The van der Waals surface area contributed by atoms with Gasteiger partial charge in [0, 0.05) is 19.5 Å². The van der Waals surface area contributed by atoms with Gasteiger partial charge in [-0.3, -0.25) is 10.1 Å². The summed E-state index contributed by atoms with van der Waals surface area (Å²) in [5.41, 5.74) is 0.693. The van der Waals surface area contributed by atoms with Crippen LogP contribution in [0.2, 0.25) is 0 Å². The molecule has 0 aliphatic heterocycles. The fraction of sp³-hybridized carbons (Fsp3) is 0.800. The maximum atomic E-state index is 11.3. The van der Waals surface area contributed by atoms with Crippen LogP contribution in [0.3, 0.4) is 0 Å². The molecule has 21 heavy (non-hydrogen) atoms. The van der Waals surface area contributed by atoms with E-state index in [1.165, 1.54) is 32.1 Å². The number of hydrogen-bond acceptors (Lipinski definition) is 4. The molecule has 0 amide bonds. The molecule has 1 saturated carbocycles. The second-order valence-corrected chi connectivity index (χ2v) is 6.34. The molecule has 1 aliphatic rings. The first-order chi connectivity index (χ1) is 10.0. The predicted molar refractivity (Wildman–Crippen MR) is 83.6 cm³/mol. The monoisotopic (exact) mass is 294 g/mol. The summed E-state index contributed by atoms with van der Waals surface area (Å²) in [5, 5.41) is 18.9. The van der Waals surface area contributed by atoms with E-state index in [2.05, 4.69) is 10.4 Å². The van der Waals surface area contributed by atoms with Gasteiger partial charge in [0.1, 0.15) is 5.69 Å². The highest BCUT2D eigenvalue weighted by molar-refractivity contribution is 5.60. The second-order valence-electron chi connectivity index (χ2n) is 6.34. The predicted octanol–water partition coefficient (Wildman–Crippen LogP) is 3.83. The van der Waals surface area contributed by atoms with Gasteiger partial charge in [-0.05, 0) is 12.3 Å². The SMILES string of the molecule is CC(C)c1nn(C)c(NCCC2CCCCC2)c1[N+](=O)[O-]. The summed E-state index contributed by atoms with van der Waals surface area (Å²) in [6.45, 7) is 4.64. The molecular formula is C15H26N4O2. The topological polar surface area (TPSA) is 73.0 Å². The lowest BCUT2D eigenvalue weighted by Gasteiger charge is -2.21. The largest absolute Gasteiger partial charge is 0.365 e. The zero-order valence-corrected chi connectivity index (χ0v) is 13.3. The van der Waals surface area contributed by atoms with Crippen molar-refractivity contribution in [2.75, 3.05) is 11.9 Å². The van der Waals surface area contributed by atoms with E-state index in [0.717, 1.165) is 18.9 Å². The van der Waals surface area contributed by atoms with Crippen molar-refractivity contribution in [3.05, 3.63) is 15.8 Å². The van der Waals surface area contributed by atoms with Gasteiger partial charge in [0.05, 0.1) is 4.92 Å². The van der Waals surface area contributed by atoms with Crippen LogP contribution in [0, 0.1) is 16.0 Å². The van der Waals surface area contributed by atoms with Gasteiger partial charge < -0.3 is 5.32 Å². The van der Waals surface area contributed by atoms with E-state index in [-0.39, 0.29) is 16.5 Å². The molecule has 0 spiro atoms. The Morgan fingerprint density at radius 3 is 2.62 bits per heavy atom. The van der Waals surface area contributed by atoms with Crippen molar-refractivity contribution in [2.24, 2.45) is 13.0 Å². The highest BCUT2D eigenvalue weighted by atomic mass is 16.6. The average molecular weight is 294 g/mol. The van der Waals surface area contributed by atoms with Gasteiger partial charge in [0.25, 0.3) is 0 Å². The molecule has 6 heteroatoms. The minimum absolute atomic E-state index is 0.0468. The van der Waals surface area contributed by atoms with E-state index in [4.69, 9.17) is 0 Å². The summed E-state index contributed by atoms with van der Waals surface area (Å²) in [6.07, 6.45) is 7.69. The minimum Gasteiger partial charge on any atom is -0.365 e. The first-order valence-corrected chi connectivity index (χ1v) is 7.95. The molecule has 0 saturated heterocycles. The molecule has 118 valence electrons. The van der Waals surface area contributed by atoms with E-state index >= 15 is 0 Å². The van der Waals surface area contributed by atoms with Crippen molar-refractivity contribution in [3.8, 4) is 0 Å². The molecule has 6 nitrogen and oxygen atoms in total. The molecule has 0 radical (unpaired) electrons. The van der Waals surface area contributed by atoms with E-state index in [1.54, 1.807) is 11.7 Å². The molecule has 1 fully saturated rings. The molecule has 0 aromatic carbocycles. The van der Waals surface area contributed by atoms with Gasteiger partial charge >= 0.3 is 5.69 Å². The summed E-state index contributed by atoms with van der Waals surface area (Å²) < 4.78 is 1.61. The molecule has 1 aliphatic carbocycles. The Bertz CT molecular complexity index is 490. The Morgan fingerprint density at radius 1 is 1.38 bits per heavy atom. The number of nitro groups is 1. The molecule has 0 unspecified atom stereocenters. The Kier molecular flexibility index (Phi) is 5.20. The highest BCUT2D eigenvalue weighted by Crippen LogP contribution is 2.33. The Balaban J connectivity index is 2.03. The summed E-state index contributed by atoms with van der Waals surface area (Å²) in [4.78, 5) is 11.0. The normalized spacial score (nSPS) is 16.4. The Morgan fingerprint density at radius 2 is 2.05 bits per heavy atom. The van der Waals surface area contributed by atoms with Crippen LogP contribution in [-0.2, 0) is 7.05 Å². The Hall–Kier alpha value is -1.59. The Labute approximate surface area is 126 Å². The van der Waals surface area contributed by atoms with Gasteiger partial charge in [-0.25, -0.2) is 4.68 Å². The van der Waals surface area contributed by atoms with Crippen molar-refractivity contribution in [2.45, 2.75) is 58.3 Å². The zero-order chi connectivity index (χ0) is 15.4. The molecular weight excluding hydrogens is 268 g/mol. The first-order valence-electron chi connectivity index (χ1n) is 7.95. The fourth-order valence-corrected chi connectivity index (χ4v) is 3.17. The van der Waals surface area contributed by atoms with Crippen LogP contribution < -0.4 is 5.32 Å². The fourth-order valence-electron chi connectivity index (χ4n) is 3.17. The van der Waals surface area contributed by atoms with Gasteiger partial charge in [-0.15, -0.1) is 0 Å². The van der Waals surface area contributed by atoms with Gasteiger partial charge in [0.2, 0.25) is 5.82 Å². The summed E-state index contributed by atoms with van der Waals surface area (Å²) in [6, 6.07) is 0. The number of nitrogens with one attached hydrogen (secondary N) is 1. The molecule has 2 rings (SSSR count). The van der Waals surface area contributed by atoms with Crippen molar-refractivity contribution in [1.29, 1.82) is 0 Å². The van der Waals surface area contributed by atoms with Gasteiger partial charge in [-0.2, -0.15) is 5.10 Å². The third kappa shape index (κ3) is 3.74. The maximum absolute atomic E-state index is 11.3. The third-order valence-corrected chi connectivity index (χ3v) is 4.35. The van der Waals surface area contributed by atoms with E-state index in [9.17, 15) is 10.1 Å². The van der Waals surface area contributed by atoms with Crippen molar-refractivity contribution >= 4 is 11.5 Å². The molecule has 1 N–H and O–H groups in total.